The summed E-state index contributed by atoms with van der Waals surface area (Å²) in [6.45, 7) is 5.00. The minimum absolute atomic E-state index is 0.237. The summed E-state index contributed by atoms with van der Waals surface area (Å²) >= 11 is 0. The highest BCUT2D eigenvalue weighted by Gasteiger charge is 2.01. The number of hydrogen-bond donors (Lipinski definition) is 2. The lowest BCUT2D eigenvalue weighted by atomic mass is 10.2. The molecule has 0 radical (unpaired) electrons. The topological polar surface area (TPSA) is 58.6 Å². The van der Waals surface area contributed by atoms with Crippen LogP contribution in [-0.2, 0) is 9.53 Å². The third kappa shape index (κ3) is 8.15. The van der Waals surface area contributed by atoms with E-state index in [0.29, 0.717) is 12.1 Å². The molecule has 0 spiro atoms. The van der Waals surface area contributed by atoms with Crippen LogP contribution in [0.1, 0.15) is 26.7 Å². The Morgan fingerprint density at radius 1 is 1.60 bits per heavy atom. The van der Waals surface area contributed by atoms with E-state index in [2.05, 4.69) is 10.1 Å². The van der Waals surface area contributed by atoms with Gasteiger partial charge in [-0.1, -0.05) is 6.08 Å². The monoisotopic (exact) mass is 215 g/mol. The number of hydrogen-bond acceptors (Lipinski definition) is 4. The van der Waals surface area contributed by atoms with E-state index in [1.807, 2.05) is 0 Å². The van der Waals surface area contributed by atoms with Crippen LogP contribution in [0.5, 0.6) is 0 Å². The predicted molar refractivity (Wildman–Crippen MR) is 59.6 cm³/mol. The summed E-state index contributed by atoms with van der Waals surface area (Å²) in [5.74, 6) is -0.291. The van der Waals surface area contributed by atoms with Crippen LogP contribution >= 0.6 is 0 Å². The van der Waals surface area contributed by atoms with Crippen LogP contribution in [0.3, 0.4) is 0 Å². The SMILES string of the molecule is COC(=O)C(C)=CCNCCCC(C)O. The Kier molecular flexibility index (Phi) is 7.95. The molecule has 0 aromatic carbocycles. The van der Waals surface area contributed by atoms with Crippen LogP contribution in [0.2, 0.25) is 0 Å². The molecule has 0 heterocycles. The van der Waals surface area contributed by atoms with E-state index in [0.717, 1.165) is 19.4 Å². The molecule has 1 atom stereocenters. The van der Waals surface area contributed by atoms with Gasteiger partial charge in [0, 0.05) is 12.1 Å². The largest absolute Gasteiger partial charge is 0.466 e. The molecule has 0 aliphatic heterocycles. The lowest BCUT2D eigenvalue weighted by Gasteiger charge is -2.04. The van der Waals surface area contributed by atoms with Crippen molar-refractivity contribution in [2.45, 2.75) is 32.8 Å². The molecule has 0 aromatic rings. The van der Waals surface area contributed by atoms with Gasteiger partial charge >= 0.3 is 5.97 Å². The molecule has 1 unspecified atom stereocenters. The first-order valence-electron chi connectivity index (χ1n) is 5.21. The van der Waals surface area contributed by atoms with Crippen molar-refractivity contribution in [2.24, 2.45) is 0 Å². The van der Waals surface area contributed by atoms with Crippen LogP contribution < -0.4 is 5.32 Å². The zero-order valence-electron chi connectivity index (χ0n) is 9.75. The molecular weight excluding hydrogens is 194 g/mol. The second-order valence-corrected chi connectivity index (χ2v) is 3.57. The summed E-state index contributed by atoms with van der Waals surface area (Å²) in [4.78, 5) is 11.0. The molecule has 4 heteroatoms. The number of aliphatic hydroxyl groups is 1. The fourth-order valence-electron chi connectivity index (χ4n) is 1.09. The number of nitrogens with one attached hydrogen (secondary N) is 1. The predicted octanol–water partition coefficient (Wildman–Crippen LogP) is 0.856. The lowest BCUT2D eigenvalue weighted by Crippen LogP contribution is -2.17. The van der Waals surface area contributed by atoms with Crippen molar-refractivity contribution >= 4 is 5.97 Å². The van der Waals surface area contributed by atoms with Gasteiger partial charge in [-0.15, -0.1) is 0 Å². The van der Waals surface area contributed by atoms with E-state index in [1.54, 1.807) is 19.9 Å². The summed E-state index contributed by atoms with van der Waals surface area (Å²) in [6.07, 6.45) is 3.29. The van der Waals surface area contributed by atoms with Crippen LogP contribution in [0.15, 0.2) is 11.6 Å². The molecule has 4 nitrogen and oxygen atoms in total. The molecule has 0 saturated heterocycles. The van der Waals surface area contributed by atoms with Crippen molar-refractivity contribution in [2.75, 3.05) is 20.2 Å². The van der Waals surface area contributed by atoms with Gasteiger partial charge in [0.25, 0.3) is 0 Å². The van der Waals surface area contributed by atoms with Gasteiger partial charge in [-0.25, -0.2) is 4.79 Å². The first-order chi connectivity index (χ1) is 7.07. The summed E-state index contributed by atoms with van der Waals surface area (Å²) in [6, 6.07) is 0. The Hall–Kier alpha value is -0.870. The van der Waals surface area contributed by atoms with E-state index in [4.69, 9.17) is 5.11 Å². The number of carbonyl (C=O) groups excluding carboxylic acids is 1. The third-order valence-electron chi connectivity index (χ3n) is 2.04. The maximum atomic E-state index is 11.0. The minimum Gasteiger partial charge on any atom is -0.466 e. The average molecular weight is 215 g/mol. The molecule has 15 heavy (non-hydrogen) atoms. The van der Waals surface area contributed by atoms with Crippen molar-refractivity contribution in [3.05, 3.63) is 11.6 Å². The van der Waals surface area contributed by atoms with Crippen LogP contribution in [-0.4, -0.2) is 37.4 Å². The highest BCUT2D eigenvalue weighted by Crippen LogP contribution is 1.95. The second-order valence-electron chi connectivity index (χ2n) is 3.57. The van der Waals surface area contributed by atoms with Crippen LogP contribution in [0.25, 0.3) is 0 Å². The molecule has 0 aliphatic rings. The van der Waals surface area contributed by atoms with E-state index >= 15 is 0 Å². The molecule has 0 saturated carbocycles. The van der Waals surface area contributed by atoms with Crippen molar-refractivity contribution in [1.29, 1.82) is 0 Å². The van der Waals surface area contributed by atoms with Crippen LogP contribution in [0.4, 0.5) is 0 Å². The van der Waals surface area contributed by atoms with Crippen molar-refractivity contribution < 1.29 is 14.6 Å². The Morgan fingerprint density at radius 2 is 2.27 bits per heavy atom. The number of carbonyl (C=O) groups is 1. The van der Waals surface area contributed by atoms with Gasteiger partial charge in [-0.2, -0.15) is 0 Å². The molecule has 2 N–H and O–H groups in total. The summed E-state index contributed by atoms with van der Waals surface area (Å²) in [5, 5.41) is 12.2. The lowest BCUT2D eigenvalue weighted by molar-refractivity contribution is -0.136. The average Bonchev–Trinajstić information content (AvgIpc) is 2.21. The van der Waals surface area contributed by atoms with Crippen LogP contribution in [0, 0.1) is 0 Å². The van der Waals surface area contributed by atoms with Gasteiger partial charge in [0.15, 0.2) is 0 Å². The molecule has 0 amide bonds. The van der Waals surface area contributed by atoms with Gasteiger partial charge in [0.1, 0.15) is 0 Å². The highest BCUT2D eigenvalue weighted by molar-refractivity contribution is 5.87. The molecule has 0 rings (SSSR count). The number of aliphatic hydroxyl groups excluding tert-OH is 1. The van der Waals surface area contributed by atoms with Gasteiger partial charge in [-0.05, 0) is 33.2 Å². The van der Waals surface area contributed by atoms with E-state index in [1.165, 1.54) is 7.11 Å². The standard InChI is InChI=1S/C11H21NO3/c1-9(11(14)15-3)6-8-12-7-4-5-10(2)13/h6,10,12-13H,4-5,7-8H2,1-3H3. The van der Waals surface area contributed by atoms with Crippen molar-refractivity contribution in [3.8, 4) is 0 Å². The first kappa shape index (κ1) is 14.1. The Labute approximate surface area is 91.3 Å². The maximum absolute atomic E-state index is 11.0. The first-order valence-corrected chi connectivity index (χ1v) is 5.21. The fourth-order valence-corrected chi connectivity index (χ4v) is 1.09. The van der Waals surface area contributed by atoms with Gasteiger partial charge in [0.2, 0.25) is 0 Å². The van der Waals surface area contributed by atoms with Crippen molar-refractivity contribution in [3.63, 3.8) is 0 Å². The quantitative estimate of drug-likeness (QED) is 0.375. The molecule has 0 bridgehead atoms. The zero-order valence-corrected chi connectivity index (χ0v) is 9.75. The second kappa shape index (κ2) is 8.44. The Bertz CT molecular complexity index is 212. The fraction of sp³-hybridized carbons (Fsp3) is 0.727. The summed E-state index contributed by atoms with van der Waals surface area (Å²) in [7, 11) is 1.37. The highest BCUT2D eigenvalue weighted by atomic mass is 16.5. The number of rotatable bonds is 7. The normalized spacial score (nSPS) is 13.7. The van der Waals surface area contributed by atoms with E-state index < -0.39 is 0 Å². The van der Waals surface area contributed by atoms with Gasteiger partial charge < -0.3 is 15.2 Å². The third-order valence-corrected chi connectivity index (χ3v) is 2.04. The summed E-state index contributed by atoms with van der Waals surface area (Å²) in [5.41, 5.74) is 0.612. The summed E-state index contributed by atoms with van der Waals surface area (Å²) < 4.78 is 4.55. The maximum Gasteiger partial charge on any atom is 0.333 e. The van der Waals surface area contributed by atoms with E-state index in [-0.39, 0.29) is 12.1 Å². The molecule has 0 aliphatic carbocycles. The molecular formula is C11H21NO3. The van der Waals surface area contributed by atoms with Gasteiger partial charge in [0.05, 0.1) is 13.2 Å². The molecule has 0 fully saturated rings. The number of esters is 1. The molecule has 88 valence electrons. The Morgan fingerprint density at radius 3 is 2.80 bits per heavy atom. The zero-order chi connectivity index (χ0) is 11.7. The minimum atomic E-state index is -0.291. The Balaban J connectivity index is 3.48. The van der Waals surface area contributed by atoms with E-state index in [9.17, 15) is 4.79 Å². The molecule has 0 aromatic heterocycles. The van der Waals surface area contributed by atoms with Gasteiger partial charge in [-0.3, -0.25) is 0 Å². The number of ether oxygens (including phenoxy) is 1. The van der Waals surface area contributed by atoms with Crippen molar-refractivity contribution in [1.82, 2.24) is 5.32 Å². The smallest absolute Gasteiger partial charge is 0.333 e. The number of methoxy groups -OCH3 is 1.